The van der Waals surface area contributed by atoms with E-state index in [2.05, 4.69) is 14.7 Å². The molecule has 1 saturated heterocycles. The van der Waals surface area contributed by atoms with Crippen LogP contribution < -0.4 is 4.90 Å². The summed E-state index contributed by atoms with van der Waals surface area (Å²) in [5.41, 5.74) is 5.00. The summed E-state index contributed by atoms with van der Waals surface area (Å²) in [6, 6.07) is 5.53. The Morgan fingerprint density at radius 3 is 2.65 bits per heavy atom. The van der Waals surface area contributed by atoms with E-state index in [0.29, 0.717) is 44.1 Å². The fraction of sp³-hybridized carbons (Fsp3) is 0.519. The van der Waals surface area contributed by atoms with Gasteiger partial charge in [0.25, 0.3) is 6.43 Å². The van der Waals surface area contributed by atoms with Crippen LogP contribution in [-0.2, 0) is 36.0 Å². The molecule has 196 valence electrons. The van der Waals surface area contributed by atoms with Gasteiger partial charge in [0, 0.05) is 81.0 Å². The van der Waals surface area contributed by atoms with E-state index in [0.717, 1.165) is 60.4 Å². The second kappa shape index (κ2) is 9.55. The van der Waals surface area contributed by atoms with Gasteiger partial charge in [-0.05, 0) is 49.4 Å². The van der Waals surface area contributed by atoms with E-state index in [1.54, 1.807) is 37.0 Å². The van der Waals surface area contributed by atoms with Crippen LogP contribution in [0.2, 0.25) is 0 Å². The van der Waals surface area contributed by atoms with E-state index in [-0.39, 0.29) is 17.5 Å². The van der Waals surface area contributed by atoms with Crippen molar-refractivity contribution in [3.63, 3.8) is 0 Å². The number of fused-ring (bicyclic) bond motifs is 2. The van der Waals surface area contributed by atoms with Crippen molar-refractivity contribution in [3.8, 4) is 11.3 Å². The van der Waals surface area contributed by atoms with Crippen LogP contribution in [0, 0.1) is 0 Å². The number of aromatic nitrogens is 4. The minimum atomic E-state index is -2.63. The molecule has 10 heteroatoms. The van der Waals surface area contributed by atoms with Crippen LogP contribution in [0.15, 0.2) is 24.4 Å². The van der Waals surface area contributed by atoms with Gasteiger partial charge in [0.15, 0.2) is 5.82 Å². The van der Waals surface area contributed by atoms with E-state index in [4.69, 9.17) is 9.84 Å². The summed E-state index contributed by atoms with van der Waals surface area (Å²) in [6.45, 7) is 4.84. The molecule has 0 unspecified atom stereocenters. The minimum Gasteiger partial charge on any atom is -0.381 e. The van der Waals surface area contributed by atoms with Gasteiger partial charge in [-0.3, -0.25) is 14.2 Å². The number of alkyl halides is 2. The average molecular weight is 511 g/mol. The fourth-order valence-electron chi connectivity index (χ4n) is 5.98. The first kappa shape index (κ1) is 24.1. The Bertz CT molecular complexity index is 1330. The number of amides is 1. The molecule has 5 heterocycles. The number of carbonyl (C=O) groups is 1. The van der Waals surface area contributed by atoms with Gasteiger partial charge in [0.2, 0.25) is 5.91 Å². The molecular weight excluding hydrogens is 478 g/mol. The number of nitrogens with zero attached hydrogens (tertiary/aromatic N) is 6. The molecule has 3 aliphatic heterocycles. The number of halogens is 2. The van der Waals surface area contributed by atoms with E-state index in [9.17, 15) is 13.6 Å². The molecule has 0 spiro atoms. The minimum absolute atomic E-state index is 0.0209. The summed E-state index contributed by atoms with van der Waals surface area (Å²) < 4.78 is 38.1. The maximum absolute atomic E-state index is 14.4. The van der Waals surface area contributed by atoms with E-state index < -0.39 is 6.43 Å². The van der Waals surface area contributed by atoms with Gasteiger partial charge in [-0.25, -0.2) is 8.78 Å². The number of hydrogen-bond acceptors (Lipinski definition) is 5. The predicted molar refractivity (Wildman–Crippen MR) is 135 cm³/mol. The zero-order valence-corrected chi connectivity index (χ0v) is 21.3. The second-order valence-electron chi connectivity index (χ2n) is 10.2. The molecule has 0 atom stereocenters. The highest BCUT2D eigenvalue weighted by molar-refractivity contribution is 5.77. The first-order valence-electron chi connectivity index (χ1n) is 13.1. The molecule has 2 aromatic heterocycles. The monoisotopic (exact) mass is 510 g/mol. The van der Waals surface area contributed by atoms with Gasteiger partial charge in [-0.1, -0.05) is 0 Å². The highest BCUT2D eigenvalue weighted by Crippen LogP contribution is 2.43. The Labute approximate surface area is 214 Å². The molecule has 0 bridgehead atoms. The Balaban J connectivity index is 1.47. The molecule has 3 aliphatic rings. The van der Waals surface area contributed by atoms with E-state index >= 15 is 0 Å². The van der Waals surface area contributed by atoms with Gasteiger partial charge in [-0.15, -0.1) is 0 Å². The normalized spacial score (nSPS) is 18.3. The topological polar surface area (TPSA) is 68.4 Å². The summed E-state index contributed by atoms with van der Waals surface area (Å²) in [5.74, 6) is 0.827. The van der Waals surface area contributed by atoms with Crippen molar-refractivity contribution in [3.05, 3.63) is 46.8 Å². The smallest absolute Gasteiger partial charge is 0.264 e. The third kappa shape index (κ3) is 4.31. The number of carbonyl (C=O) groups excluding carboxylic acids is 1. The highest BCUT2D eigenvalue weighted by Gasteiger charge is 2.34. The van der Waals surface area contributed by atoms with Crippen LogP contribution in [-0.4, -0.2) is 56.7 Å². The maximum Gasteiger partial charge on any atom is 0.264 e. The van der Waals surface area contributed by atoms with Gasteiger partial charge in [-0.2, -0.15) is 10.2 Å². The van der Waals surface area contributed by atoms with Crippen molar-refractivity contribution in [2.75, 3.05) is 31.2 Å². The molecule has 1 amide bonds. The summed E-state index contributed by atoms with van der Waals surface area (Å²) in [5, 5.41) is 9.53. The van der Waals surface area contributed by atoms with Crippen LogP contribution in [0.4, 0.5) is 20.3 Å². The summed E-state index contributed by atoms with van der Waals surface area (Å²) in [4.78, 5) is 16.2. The Morgan fingerprint density at radius 2 is 1.95 bits per heavy atom. The van der Waals surface area contributed by atoms with Crippen molar-refractivity contribution in [2.24, 2.45) is 7.05 Å². The zero-order chi connectivity index (χ0) is 25.7. The molecule has 1 fully saturated rings. The first-order valence-corrected chi connectivity index (χ1v) is 13.1. The van der Waals surface area contributed by atoms with Crippen LogP contribution in [0.5, 0.6) is 0 Å². The molecule has 1 aromatic carbocycles. The van der Waals surface area contributed by atoms with Crippen molar-refractivity contribution < 1.29 is 18.3 Å². The third-order valence-electron chi connectivity index (χ3n) is 7.90. The standard InChI is InChI=1S/C27H32F2N6O2/c1-17(36)33-11-6-24-22(16-33)27(31-35(24)19-7-12-37-13-8-19)34-9-3-4-18-14-20(23-5-10-32(2)30-23)21(26(28)29)15-25(18)34/h5,10,14-15,19,26H,3-4,6-9,11-13,16H2,1-2H3. The quantitative estimate of drug-likeness (QED) is 0.515. The predicted octanol–water partition coefficient (Wildman–Crippen LogP) is 4.56. The largest absolute Gasteiger partial charge is 0.381 e. The van der Waals surface area contributed by atoms with E-state index in [1.807, 2.05) is 11.0 Å². The van der Waals surface area contributed by atoms with Crippen molar-refractivity contribution in [1.82, 2.24) is 24.5 Å². The summed E-state index contributed by atoms with van der Waals surface area (Å²) in [6.07, 6.45) is 3.35. The number of ether oxygens (including phenoxy) is 1. The van der Waals surface area contributed by atoms with E-state index in [1.165, 1.54) is 0 Å². The molecule has 0 aliphatic carbocycles. The number of benzene rings is 1. The molecule has 0 saturated carbocycles. The van der Waals surface area contributed by atoms with Crippen molar-refractivity contribution in [2.45, 2.75) is 58.0 Å². The molecule has 6 rings (SSSR count). The number of hydrogen-bond donors (Lipinski definition) is 0. The Hall–Kier alpha value is -3.27. The molecule has 0 N–H and O–H groups in total. The molecule has 37 heavy (non-hydrogen) atoms. The first-order chi connectivity index (χ1) is 17.9. The molecule has 8 nitrogen and oxygen atoms in total. The van der Waals surface area contributed by atoms with Gasteiger partial charge in [0.05, 0.1) is 18.3 Å². The van der Waals surface area contributed by atoms with Crippen LogP contribution in [0.3, 0.4) is 0 Å². The average Bonchev–Trinajstić information content (AvgIpc) is 3.51. The number of aryl methyl sites for hydroxylation is 2. The van der Waals surface area contributed by atoms with Crippen LogP contribution >= 0.6 is 0 Å². The van der Waals surface area contributed by atoms with Crippen LogP contribution in [0.1, 0.15) is 61.0 Å². The lowest BCUT2D eigenvalue weighted by molar-refractivity contribution is -0.129. The summed E-state index contributed by atoms with van der Waals surface area (Å²) in [7, 11) is 1.79. The van der Waals surface area contributed by atoms with Gasteiger partial charge < -0.3 is 14.5 Å². The fourth-order valence-corrected chi connectivity index (χ4v) is 5.98. The Kier molecular flexibility index (Phi) is 6.22. The van der Waals surface area contributed by atoms with Gasteiger partial charge >= 0.3 is 0 Å². The van der Waals surface area contributed by atoms with Crippen molar-refractivity contribution >= 4 is 17.4 Å². The summed E-state index contributed by atoms with van der Waals surface area (Å²) >= 11 is 0. The molecule has 3 aromatic rings. The number of rotatable bonds is 4. The molecular formula is C27H32F2N6O2. The highest BCUT2D eigenvalue weighted by atomic mass is 19.3. The molecule has 0 radical (unpaired) electrons. The SMILES string of the molecule is CC(=O)N1CCc2c(c(N3CCCc4cc(-c5ccn(C)n5)c(C(F)F)cc43)nn2C2CCOCC2)C1. The van der Waals surface area contributed by atoms with Crippen molar-refractivity contribution in [1.29, 1.82) is 0 Å². The lowest BCUT2D eigenvalue weighted by Gasteiger charge is -2.33. The lowest BCUT2D eigenvalue weighted by atomic mass is 9.93. The maximum atomic E-state index is 14.4. The number of anilines is 2. The third-order valence-corrected chi connectivity index (χ3v) is 7.90. The second-order valence-corrected chi connectivity index (χ2v) is 10.2. The Morgan fingerprint density at radius 1 is 1.14 bits per heavy atom. The zero-order valence-electron chi connectivity index (χ0n) is 21.3. The van der Waals surface area contributed by atoms with Gasteiger partial charge in [0.1, 0.15) is 0 Å². The lowest BCUT2D eigenvalue weighted by Crippen LogP contribution is -2.36. The van der Waals surface area contributed by atoms with Crippen LogP contribution in [0.25, 0.3) is 11.3 Å².